The third-order valence-electron chi connectivity index (χ3n) is 2.29. The molecule has 0 atom stereocenters. The van der Waals surface area contributed by atoms with Crippen LogP contribution in [0.5, 0.6) is 5.75 Å². The topological polar surface area (TPSA) is 29.5 Å². The summed E-state index contributed by atoms with van der Waals surface area (Å²) in [6, 6.07) is 4.33. The largest absolute Gasteiger partial charge is 0.496 e. The Morgan fingerprint density at radius 2 is 2.25 bits per heavy atom. The standard InChI is InChI=1S/C11H14FNO2S/c1-13(11(14)16)6-5-8-7-9(12)3-4-10(8)15-2/h3-4,7H,5-6H2,1-2H3,(H,14,16). The molecule has 1 aromatic rings. The molecule has 5 heteroatoms. The molecular weight excluding hydrogens is 229 g/mol. The highest BCUT2D eigenvalue weighted by atomic mass is 32.1. The summed E-state index contributed by atoms with van der Waals surface area (Å²) in [6.07, 6.45) is 0.531. The number of likely N-dealkylation sites (N-methyl/N-ethyl adjacent to an activating group) is 1. The van der Waals surface area contributed by atoms with Crippen LogP contribution in [0, 0.1) is 5.82 Å². The summed E-state index contributed by atoms with van der Waals surface area (Å²) < 4.78 is 18.1. The number of thiol groups is 1. The number of methoxy groups -OCH3 is 1. The zero-order chi connectivity index (χ0) is 12.1. The Morgan fingerprint density at radius 1 is 1.56 bits per heavy atom. The van der Waals surface area contributed by atoms with Crippen molar-refractivity contribution in [2.45, 2.75) is 6.42 Å². The summed E-state index contributed by atoms with van der Waals surface area (Å²) in [5.41, 5.74) is 0.740. The maximum atomic E-state index is 13.0. The molecule has 1 amide bonds. The molecule has 0 aliphatic heterocycles. The highest BCUT2D eigenvalue weighted by molar-refractivity contribution is 7.96. The van der Waals surface area contributed by atoms with E-state index in [9.17, 15) is 9.18 Å². The lowest BCUT2D eigenvalue weighted by molar-refractivity contribution is 0.234. The van der Waals surface area contributed by atoms with Gasteiger partial charge in [0.25, 0.3) is 5.24 Å². The van der Waals surface area contributed by atoms with Crippen LogP contribution in [-0.2, 0) is 6.42 Å². The van der Waals surface area contributed by atoms with E-state index in [1.54, 1.807) is 13.1 Å². The number of carbonyl (C=O) groups is 1. The fourth-order valence-corrected chi connectivity index (χ4v) is 1.43. The average Bonchev–Trinajstić information content (AvgIpc) is 2.25. The maximum Gasteiger partial charge on any atom is 0.278 e. The van der Waals surface area contributed by atoms with Gasteiger partial charge in [-0.25, -0.2) is 4.39 Å². The smallest absolute Gasteiger partial charge is 0.278 e. The summed E-state index contributed by atoms with van der Waals surface area (Å²) in [6.45, 7) is 0.474. The van der Waals surface area contributed by atoms with Gasteiger partial charge in [-0.15, -0.1) is 0 Å². The lowest BCUT2D eigenvalue weighted by atomic mass is 10.1. The van der Waals surface area contributed by atoms with Crippen LogP contribution < -0.4 is 4.74 Å². The van der Waals surface area contributed by atoms with Crippen LogP contribution in [0.2, 0.25) is 0 Å². The van der Waals surface area contributed by atoms with Crippen LogP contribution in [-0.4, -0.2) is 30.8 Å². The van der Waals surface area contributed by atoms with Gasteiger partial charge in [0.1, 0.15) is 11.6 Å². The SMILES string of the molecule is COc1ccc(F)cc1CCN(C)C(=O)S. The molecule has 1 rings (SSSR count). The van der Waals surface area contributed by atoms with Crippen LogP contribution in [0.3, 0.4) is 0 Å². The minimum Gasteiger partial charge on any atom is -0.496 e. The van der Waals surface area contributed by atoms with Crippen molar-refractivity contribution in [3.63, 3.8) is 0 Å². The Bertz CT molecular complexity index is 384. The lowest BCUT2D eigenvalue weighted by Crippen LogP contribution is -2.23. The maximum absolute atomic E-state index is 13.0. The third kappa shape index (κ3) is 3.41. The van der Waals surface area contributed by atoms with E-state index in [2.05, 4.69) is 12.6 Å². The number of benzene rings is 1. The van der Waals surface area contributed by atoms with Gasteiger partial charge < -0.3 is 9.64 Å². The zero-order valence-corrected chi connectivity index (χ0v) is 10.1. The first-order valence-corrected chi connectivity index (χ1v) is 5.25. The molecule has 0 heterocycles. The van der Waals surface area contributed by atoms with E-state index in [0.29, 0.717) is 18.7 Å². The number of amides is 1. The summed E-state index contributed by atoms with van der Waals surface area (Å²) >= 11 is 3.69. The number of rotatable bonds is 4. The minimum absolute atomic E-state index is 0.310. The fraction of sp³-hybridized carbons (Fsp3) is 0.364. The Kier molecular flexibility index (Phi) is 4.61. The molecule has 0 fully saturated rings. The van der Waals surface area contributed by atoms with E-state index in [0.717, 1.165) is 5.56 Å². The quantitative estimate of drug-likeness (QED) is 0.823. The van der Waals surface area contributed by atoms with Gasteiger partial charge >= 0.3 is 0 Å². The number of hydrogen-bond acceptors (Lipinski definition) is 2. The van der Waals surface area contributed by atoms with Crippen LogP contribution in [0.4, 0.5) is 9.18 Å². The lowest BCUT2D eigenvalue weighted by Gasteiger charge is -2.15. The first-order valence-electron chi connectivity index (χ1n) is 4.81. The second-order valence-corrected chi connectivity index (χ2v) is 3.79. The zero-order valence-electron chi connectivity index (χ0n) is 9.24. The van der Waals surface area contributed by atoms with Gasteiger partial charge in [0.15, 0.2) is 0 Å². The summed E-state index contributed by atoms with van der Waals surface area (Å²) in [4.78, 5) is 12.3. The molecule has 0 spiro atoms. The number of ether oxygens (including phenoxy) is 1. The van der Waals surface area contributed by atoms with Gasteiger partial charge in [-0.2, -0.15) is 0 Å². The number of carbonyl (C=O) groups excluding carboxylic acids is 1. The predicted molar refractivity (Wildman–Crippen MR) is 63.7 cm³/mol. The van der Waals surface area contributed by atoms with E-state index < -0.39 is 0 Å². The Hall–Kier alpha value is -1.23. The molecule has 0 saturated heterocycles. The fourth-order valence-electron chi connectivity index (χ4n) is 1.33. The van der Waals surface area contributed by atoms with E-state index in [-0.39, 0.29) is 11.1 Å². The molecule has 0 aromatic heterocycles. The van der Waals surface area contributed by atoms with E-state index in [1.165, 1.54) is 24.1 Å². The third-order valence-corrected chi connectivity index (χ3v) is 2.63. The summed E-state index contributed by atoms with van der Waals surface area (Å²) in [7, 11) is 3.17. The number of nitrogens with zero attached hydrogens (tertiary/aromatic N) is 1. The van der Waals surface area contributed by atoms with Crippen LogP contribution in [0.1, 0.15) is 5.56 Å². The molecule has 0 bridgehead atoms. The first kappa shape index (κ1) is 12.8. The van der Waals surface area contributed by atoms with E-state index >= 15 is 0 Å². The molecule has 0 aliphatic rings. The van der Waals surface area contributed by atoms with Crippen molar-refractivity contribution in [2.75, 3.05) is 20.7 Å². The minimum atomic E-state index is -0.310. The van der Waals surface area contributed by atoms with Crippen molar-refractivity contribution in [3.05, 3.63) is 29.6 Å². The van der Waals surface area contributed by atoms with Gasteiger partial charge in [-0.1, -0.05) is 12.6 Å². The molecule has 3 nitrogen and oxygen atoms in total. The van der Waals surface area contributed by atoms with Gasteiger partial charge in [-0.3, -0.25) is 4.79 Å². The van der Waals surface area contributed by atoms with Gasteiger partial charge in [0, 0.05) is 13.6 Å². The van der Waals surface area contributed by atoms with Crippen molar-refractivity contribution in [3.8, 4) is 5.75 Å². The Labute approximate surface area is 99.6 Å². The van der Waals surface area contributed by atoms with E-state index in [4.69, 9.17) is 4.74 Å². The highest BCUT2D eigenvalue weighted by Crippen LogP contribution is 2.20. The van der Waals surface area contributed by atoms with Crippen LogP contribution in [0.15, 0.2) is 18.2 Å². The monoisotopic (exact) mass is 243 g/mol. The average molecular weight is 243 g/mol. The molecule has 16 heavy (non-hydrogen) atoms. The second kappa shape index (κ2) is 5.75. The summed E-state index contributed by atoms with van der Waals surface area (Å²) in [5.74, 6) is 0.317. The van der Waals surface area contributed by atoms with Crippen LogP contribution >= 0.6 is 12.6 Å². The Balaban J connectivity index is 2.72. The molecule has 0 N–H and O–H groups in total. The van der Waals surface area contributed by atoms with Crippen molar-refractivity contribution < 1.29 is 13.9 Å². The van der Waals surface area contributed by atoms with Gasteiger partial charge in [-0.05, 0) is 30.2 Å². The van der Waals surface area contributed by atoms with Crippen molar-refractivity contribution in [2.24, 2.45) is 0 Å². The van der Waals surface area contributed by atoms with Crippen LogP contribution in [0.25, 0.3) is 0 Å². The molecule has 0 saturated carbocycles. The second-order valence-electron chi connectivity index (χ2n) is 3.41. The van der Waals surface area contributed by atoms with Gasteiger partial charge in [0.05, 0.1) is 7.11 Å². The first-order chi connectivity index (χ1) is 7.54. The highest BCUT2D eigenvalue weighted by Gasteiger charge is 2.08. The van der Waals surface area contributed by atoms with Crippen molar-refractivity contribution in [1.29, 1.82) is 0 Å². The number of hydrogen-bond donors (Lipinski definition) is 1. The molecule has 1 aromatic carbocycles. The Morgan fingerprint density at radius 3 is 2.81 bits per heavy atom. The predicted octanol–water partition coefficient (Wildman–Crippen LogP) is 2.36. The van der Waals surface area contributed by atoms with Crippen molar-refractivity contribution >= 4 is 17.9 Å². The van der Waals surface area contributed by atoms with Gasteiger partial charge in [0.2, 0.25) is 0 Å². The molecular formula is C11H14FNO2S. The number of halogens is 1. The molecule has 0 aliphatic carbocycles. The van der Waals surface area contributed by atoms with E-state index in [1.807, 2.05) is 0 Å². The molecule has 0 unspecified atom stereocenters. The summed E-state index contributed by atoms with van der Waals surface area (Å²) in [5, 5.41) is -0.310. The molecule has 0 radical (unpaired) electrons. The van der Waals surface area contributed by atoms with Crippen molar-refractivity contribution in [1.82, 2.24) is 4.90 Å². The normalized spacial score (nSPS) is 10.0. The molecule has 88 valence electrons.